The molecule has 0 amide bonds. The minimum atomic E-state index is 0.612. The van der Waals surface area contributed by atoms with Crippen molar-refractivity contribution < 1.29 is 4.74 Å². The van der Waals surface area contributed by atoms with Gasteiger partial charge in [0.25, 0.3) is 0 Å². The smallest absolute Gasteiger partial charge is 0.210 e. The highest BCUT2D eigenvalue weighted by Crippen LogP contribution is 2.34. The number of hydrogen-bond acceptors (Lipinski definition) is 6. The Hall–Kier alpha value is -1.11. The average molecular weight is 321 g/mol. The van der Waals surface area contributed by atoms with Crippen molar-refractivity contribution in [3.63, 3.8) is 0 Å². The van der Waals surface area contributed by atoms with Crippen molar-refractivity contribution in [1.29, 1.82) is 0 Å². The number of anilines is 2. The van der Waals surface area contributed by atoms with Gasteiger partial charge < -0.3 is 10.1 Å². The molecule has 2 aromatic rings. The Morgan fingerprint density at radius 3 is 2.76 bits per heavy atom. The molecular formula is C15H19N3OS2. The van der Waals surface area contributed by atoms with Crippen molar-refractivity contribution >= 4 is 33.9 Å². The molecule has 112 valence electrons. The van der Waals surface area contributed by atoms with E-state index in [-0.39, 0.29) is 0 Å². The van der Waals surface area contributed by atoms with Crippen LogP contribution in [0.5, 0.6) is 0 Å². The van der Waals surface area contributed by atoms with Gasteiger partial charge in [-0.2, -0.15) is 0 Å². The first-order valence-electron chi connectivity index (χ1n) is 7.13. The second-order valence-electron chi connectivity index (χ2n) is 5.23. The Morgan fingerprint density at radius 2 is 2.00 bits per heavy atom. The van der Waals surface area contributed by atoms with E-state index in [2.05, 4.69) is 47.6 Å². The van der Waals surface area contributed by atoms with E-state index >= 15 is 0 Å². The molecule has 0 bridgehead atoms. The van der Waals surface area contributed by atoms with Crippen LogP contribution in [0.15, 0.2) is 22.5 Å². The first kappa shape index (κ1) is 14.8. The molecule has 1 aliphatic heterocycles. The lowest BCUT2D eigenvalue weighted by atomic mass is 10.1. The maximum atomic E-state index is 5.38. The molecular weight excluding hydrogens is 302 g/mol. The van der Waals surface area contributed by atoms with Crippen molar-refractivity contribution in [3.8, 4) is 0 Å². The van der Waals surface area contributed by atoms with Crippen LogP contribution in [0.25, 0.3) is 0 Å². The number of ether oxygens (including phenoxy) is 1. The van der Waals surface area contributed by atoms with Gasteiger partial charge in [0, 0.05) is 24.2 Å². The molecule has 1 aromatic heterocycles. The predicted octanol–water partition coefficient (Wildman–Crippen LogP) is 4.17. The van der Waals surface area contributed by atoms with Gasteiger partial charge in [0.2, 0.25) is 5.13 Å². The van der Waals surface area contributed by atoms with Crippen LogP contribution in [-0.2, 0) is 4.74 Å². The highest BCUT2D eigenvalue weighted by Gasteiger charge is 2.17. The topological polar surface area (TPSA) is 47.0 Å². The maximum absolute atomic E-state index is 5.38. The molecule has 2 heterocycles. The molecule has 1 fully saturated rings. The normalized spacial score (nSPS) is 16.1. The van der Waals surface area contributed by atoms with E-state index in [4.69, 9.17) is 4.74 Å². The van der Waals surface area contributed by atoms with E-state index in [0.717, 1.165) is 41.2 Å². The quantitative estimate of drug-likeness (QED) is 0.916. The van der Waals surface area contributed by atoms with Crippen LogP contribution in [0, 0.1) is 13.8 Å². The average Bonchev–Trinajstić information content (AvgIpc) is 2.91. The van der Waals surface area contributed by atoms with E-state index in [9.17, 15) is 0 Å². The SMILES string of the molecule is Cc1ccc(Nc2nnc(SC3CCOCC3)s2)cc1C. The van der Waals surface area contributed by atoms with Crippen LogP contribution in [0.2, 0.25) is 0 Å². The number of benzene rings is 1. The van der Waals surface area contributed by atoms with Crippen LogP contribution in [0.3, 0.4) is 0 Å². The van der Waals surface area contributed by atoms with Crippen molar-refractivity contribution in [2.45, 2.75) is 36.3 Å². The molecule has 0 saturated carbocycles. The number of rotatable bonds is 4. The van der Waals surface area contributed by atoms with Gasteiger partial charge in [-0.15, -0.1) is 10.2 Å². The highest BCUT2D eigenvalue weighted by atomic mass is 32.2. The number of thioether (sulfide) groups is 1. The van der Waals surface area contributed by atoms with Gasteiger partial charge in [0.15, 0.2) is 4.34 Å². The summed E-state index contributed by atoms with van der Waals surface area (Å²) in [5, 5.41) is 13.3. The van der Waals surface area contributed by atoms with Gasteiger partial charge in [-0.25, -0.2) is 0 Å². The molecule has 21 heavy (non-hydrogen) atoms. The van der Waals surface area contributed by atoms with Gasteiger partial charge in [-0.1, -0.05) is 29.2 Å². The second-order valence-corrected chi connectivity index (χ2v) is 7.75. The monoisotopic (exact) mass is 321 g/mol. The fourth-order valence-corrected chi connectivity index (χ4v) is 4.32. The summed E-state index contributed by atoms with van der Waals surface area (Å²) >= 11 is 3.45. The van der Waals surface area contributed by atoms with Gasteiger partial charge in [-0.05, 0) is 49.9 Å². The maximum Gasteiger partial charge on any atom is 0.210 e. The third-order valence-electron chi connectivity index (χ3n) is 3.60. The first-order valence-corrected chi connectivity index (χ1v) is 8.82. The Kier molecular flexibility index (Phi) is 4.77. The molecule has 0 radical (unpaired) electrons. The largest absolute Gasteiger partial charge is 0.381 e. The minimum absolute atomic E-state index is 0.612. The first-order chi connectivity index (χ1) is 10.2. The molecule has 6 heteroatoms. The molecule has 3 rings (SSSR count). The van der Waals surface area contributed by atoms with E-state index in [1.165, 1.54) is 11.1 Å². The summed E-state index contributed by atoms with van der Waals surface area (Å²) in [7, 11) is 0. The van der Waals surface area contributed by atoms with Crippen LogP contribution < -0.4 is 5.32 Å². The summed E-state index contributed by atoms with van der Waals surface area (Å²) in [4.78, 5) is 0. The zero-order valence-electron chi connectivity index (χ0n) is 12.3. The third-order valence-corrected chi connectivity index (χ3v) is 5.86. The molecule has 1 aromatic carbocycles. The Labute approximate surface area is 133 Å². The summed E-state index contributed by atoms with van der Waals surface area (Å²) in [6.45, 7) is 5.97. The van der Waals surface area contributed by atoms with E-state index in [0.29, 0.717) is 5.25 Å². The van der Waals surface area contributed by atoms with Crippen LogP contribution in [0.4, 0.5) is 10.8 Å². The summed E-state index contributed by atoms with van der Waals surface area (Å²) in [6, 6.07) is 6.34. The van der Waals surface area contributed by atoms with Gasteiger partial charge in [0.05, 0.1) is 0 Å². The Morgan fingerprint density at radius 1 is 1.19 bits per heavy atom. The second kappa shape index (κ2) is 6.77. The molecule has 0 spiro atoms. The van der Waals surface area contributed by atoms with Gasteiger partial charge in [-0.3, -0.25) is 0 Å². The summed E-state index contributed by atoms with van der Waals surface area (Å²) in [6.07, 6.45) is 2.20. The fourth-order valence-electron chi connectivity index (χ4n) is 2.19. The van der Waals surface area contributed by atoms with Crippen LogP contribution in [0.1, 0.15) is 24.0 Å². The van der Waals surface area contributed by atoms with E-state index in [1.54, 1.807) is 11.3 Å². The highest BCUT2D eigenvalue weighted by molar-refractivity contribution is 8.01. The zero-order valence-corrected chi connectivity index (χ0v) is 13.9. The molecule has 1 saturated heterocycles. The van der Waals surface area contributed by atoms with Gasteiger partial charge in [0.1, 0.15) is 0 Å². The van der Waals surface area contributed by atoms with Gasteiger partial charge >= 0.3 is 0 Å². The van der Waals surface area contributed by atoms with Crippen molar-refractivity contribution in [3.05, 3.63) is 29.3 Å². The van der Waals surface area contributed by atoms with Crippen molar-refractivity contribution in [2.75, 3.05) is 18.5 Å². The van der Waals surface area contributed by atoms with Crippen LogP contribution in [-0.4, -0.2) is 28.7 Å². The molecule has 4 nitrogen and oxygen atoms in total. The number of nitrogens with zero attached hydrogens (tertiary/aromatic N) is 2. The van der Waals surface area contributed by atoms with E-state index < -0.39 is 0 Å². The van der Waals surface area contributed by atoms with E-state index in [1.807, 2.05) is 11.8 Å². The zero-order chi connectivity index (χ0) is 14.7. The minimum Gasteiger partial charge on any atom is -0.381 e. The lowest BCUT2D eigenvalue weighted by Crippen LogP contribution is -2.17. The fraction of sp³-hybridized carbons (Fsp3) is 0.467. The van der Waals surface area contributed by atoms with Crippen LogP contribution >= 0.6 is 23.1 Å². The van der Waals surface area contributed by atoms with Crippen molar-refractivity contribution in [1.82, 2.24) is 10.2 Å². The third kappa shape index (κ3) is 3.96. The van der Waals surface area contributed by atoms with Crippen molar-refractivity contribution in [2.24, 2.45) is 0 Å². The number of hydrogen-bond donors (Lipinski definition) is 1. The molecule has 1 aliphatic rings. The molecule has 0 aliphatic carbocycles. The number of nitrogens with one attached hydrogen (secondary N) is 1. The Bertz CT molecular complexity index is 609. The number of aryl methyl sites for hydroxylation is 2. The number of aromatic nitrogens is 2. The summed E-state index contributed by atoms with van der Waals surface area (Å²) in [5.41, 5.74) is 3.65. The predicted molar refractivity (Wildman–Crippen MR) is 88.8 cm³/mol. The Balaban J connectivity index is 1.62. The molecule has 0 atom stereocenters. The molecule has 0 unspecified atom stereocenters. The standard InChI is InChI=1S/C15H19N3OS2/c1-10-3-4-12(9-11(10)2)16-14-17-18-15(21-14)20-13-5-7-19-8-6-13/h3-4,9,13H,5-8H2,1-2H3,(H,16,17). The lowest BCUT2D eigenvalue weighted by molar-refractivity contribution is 0.100. The molecule has 1 N–H and O–H groups in total. The lowest BCUT2D eigenvalue weighted by Gasteiger charge is -2.19. The summed E-state index contributed by atoms with van der Waals surface area (Å²) < 4.78 is 6.42. The summed E-state index contributed by atoms with van der Waals surface area (Å²) in [5.74, 6) is 0.